The van der Waals surface area contributed by atoms with Gasteiger partial charge in [-0.3, -0.25) is 14.6 Å². The zero-order chi connectivity index (χ0) is 28.5. The zero-order valence-electron chi connectivity index (χ0n) is 23.7. The molecule has 2 aromatic carbocycles. The van der Waals surface area contributed by atoms with Crippen LogP contribution in [0.1, 0.15) is 70.8 Å². The summed E-state index contributed by atoms with van der Waals surface area (Å²) in [7, 11) is 0. The van der Waals surface area contributed by atoms with Crippen LogP contribution in [0.3, 0.4) is 0 Å². The van der Waals surface area contributed by atoms with Crippen LogP contribution in [0.4, 0.5) is 5.69 Å². The average Bonchev–Trinajstić information content (AvgIpc) is 2.95. The van der Waals surface area contributed by atoms with E-state index in [2.05, 4.69) is 17.6 Å². The lowest BCUT2D eigenvalue weighted by Crippen LogP contribution is -2.37. The van der Waals surface area contributed by atoms with Gasteiger partial charge >= 0.3 is 0 Å². The Labute approximate surface area is 237 Å². The highest BCUT2D eigenvalue weighted by Crippen LogP contribution is 2.35. The van der Waals surface area contributed by atoms with Gasteiger partial charge in [0.05, 0.1) is 17.6 Å². The largest absolute Gasteiger partial charge is 0.396 e. The van der Waals surface area contributed by atoms with E-state index in [1.807, 2.05) is 60.7 Å². The topological polar surface area (TPSA) is 117 Å². The van der Waals surface area contributed by atoms with Crippen LogP contribution in [0, 0.1) is 5.92 Å². The molecule has 0 spiro atoms. The number of anilines is 1. The molecule has 40 heavy (non-hydrogen) atoms. The predicted molar refractivity (Wildman–Crippen MR) is 160 cm³/mol. The van der Waals surface area contributed by atoms with Gasteiger partial charge in [-0.05, 0) is 61.6 Å². The van der Waals surface area contributed by atoms with Gasteiger partial charge in [-0.15, -0.1) is 0 Å². The zero-order valence-corrected chi connectivity index (χ0v) is 23.7. The van der Waals surface area contributed by atoms with Crippen molar-refractivity contribution in [2.24, 2.45) is 11.7 Å². The molecule has 7 heteroatoms. The maximum absolute atomic E-state index is 12.9. The number of nitrogens with zero attached hydrogens (tertiary/aromatic N) is 1. The van der Waals surface area contributed by atoms with E-state index in [-0.39, 0.29) is 24.5 Å². The second kappa shape index (κ2) is 13.7. The Bertz CT molecular complexity index is 1260. The number of pyridine rings is 1. The van der Waals surface area contributed by atoms with Crippen LogP contribution in [0.15, 0.2) is 66.9 Å². The number of carbonyl (C=O) groups is 2. The standard InChI is InChI=1S/C33H42N4O3/c1-3-17-33(34,18-19-38)27-13-11-26(12-14-27)32-30(25-7-5-4-6-8-25)21-29(22-35-32)37-31(40)20-24-9-15-28(16-10-24)36-23(2)39/h4-8,11-14,21-22,24,28,38H,3,9-10,15-20,34H2,1-2H3,(H,36,39)(H,37,40). The Morgan fingerprint density at radius 2 is 1.70 bits per heavy atom. The quantitative estimate of drug-likeness (QED) is 0.245. The lowest BCUT2D eigenvalue weighted by atomic mass is 9.83. The number of nitrogens with two attached hydrogens (primary N) is 1. The molecule has 3 aromatic rings. The molecule has 7 nitrogen and oxygen atoms in total. The first-order valence-electron chi connectivity index (χ1n) is 14.4. The summed E-state index contributed by atoms with van der Waals surface area (Å²) in [6.07, 6.45) is 8.11. The highest BCUT2D eigenvalue weighted by Gasteiger charge is 2.26. The fourth-order valence-corrected chi connectivity index (χ4v) is 5.89. The van der Waals surface area contributed by atoms with E-state index in [0.717, 1.165) is 66.5 Å². The van der Waals surface area contributed by atoms with Crippen molar-refractivity contribution in [2.45, 2.75) is 76.8 Å². The monoisotopic (exact) mass is 542 g/mol. The molecule has 1 unspecified atom stereocenters. The highest BCUT2D eigenvalue weighted by atomic mass is 16.3. The molecular weight excluding hydrogens is 500 g/mol. The minimum absolute atomic E-state index is 0.00739. The van der Waals surface area contributed by atoms with Crippen LogP contribution in [0.2, 0.25) is 0 Å². The molecule has 2 amide bonds. The minimum atomic E-state index is -0.560. The Hall–Kier alpha value is -3.55. The third kappa shape index (κ3) is 7.55. The number of nitrogens with one attached hydrogen (secondary N) is 2. The number of rotatable bonds is 11. The van der Waals surface area contributed by atoms with Crippen molar-refractivity contribution < 1.29 is 14.7 Å². The summed E-state index contributed by atoms with van der Waals surface area (Å²) in [5.41, 5.74) is 11.5. The average molecular weight is 543 g/mol. The first-order valence-corrected chi connectivity index (χ1v) is 14.4. The van der Waals surface area contributed by atoms with Crippen molar-refractivity contribution in [2.75, 3.05) is 11.9 Å². The van der Waals surface area contributed by atoms with Crippen molar-refractivity contribution >= 4 is 17.5 Å². The molecule has 1 aliphatic rings. The number of carbonyl (C=O) groups excluding carboxylic acids is 2. The summed E-state index contributed by atoms with van der Waals surface area (Å²) in [5.74, 6) is 0.311. The minimum Gasteiger partial charge on any atom is -0.396 e. The van der Waals surface area contributed by atoms with Gasteiger partial charge in [0.1, 0.15) is 0 Å². The second-order valence-electron chi connectivity index (χ2n) is 11.1. The number of aliphatic hydroxyl groups excluding tert-OH is 1. The first kappa shape index (κ1) is 29.4. The van der Waals surface area contributed by atoms with Gasteiger partial charge < -0.3 is 21.5 Å². The maximum atomic E-state index is 12.9. The number of amides is 2. The van der Waals surface area contributed by atoms with Crippen LogP contribution in [-0.4, -0.2) is 34.6 Å². The van der Waals surface area contributed by atoms with Gasteiger partial charge in [-0.25, -0.2) is 0 Å². The van der Waals surface area contributed by atoms with E-state index < -0.39 is 5.54 Å². The number of hydrogen-bond donors (Lipinski definition) is 4. The van der Waals surface area contributed by atoms with E-state index >= 15 is 0 Å². The van der Waals surface area contributed by atoms with E-state index in [0.29, 0.717) is 24.4 Å². The van der Waals surface area contributed by atoms with E-state index in [1.54, 1.807) is 13.1 Å². The molecule has 0 bridgehead atoms. The summed E-state index contributed by atoms with van der Waals surface area (Å²) in [5, 5.41) is 15.6. The Morgan fingerprint density at radius 3 is 2.33 bits per heavy atom. The molecule has 1 heterocycles. The fourth-order valence-electron chi connectivity index (χ4n) is 5.89. The summed E-state index contributed by atoms with van der Waals surface area (Å²) in [6, 6.07) is 20.4. The summed E-state index contributed by atoms with van der Waals surface area (Å²) in [6.45, 7) is 3.70. The van der Waals surface area contributed by atoms with Crippen molar-refractivity contribution in [1.82, 2.24) is 10.3 Å². The van der Waals surface area contributed by atoms with Crippen LogP contribution >= 0.6 is 0 Å². The molecule has 0 aliphatic heterocycles. The molecule has 1 aliphatic carbocycles. The third-order valence-electron chi connectivity index (χ3n) is 7.97. The Morgan fingerprint density at radius 1 is 1.00 bits per heavy atom. The van der Waals surface area contributed by atoms with Gasteiger partial charge in [-0.2, -0.15) is 0 Å². The van der Waals surface area contributed by atoms with Crippen LogP contribution < -0.4 is 16.4 Å². The molecule has 0 saturated heterocycles. The van der Waals surface area contributed by atoms with Crippen LogP contribution in [-0.2, 0) is 15.1 Å². The lowest BCUT2D eigenvalue weighted by molar-refractivity contribution is -0.120. The molecule has 212 valence electrons. The normalized spacial score (nSPS) is 18.5. The molecule has 0 radical (unpaired) electrons. The van der Waals surface area contributed by atoms with Crippen molar-refractivity contribution in [1.29, 1.82) is 0 Å². The molecule has 4 rings (SSSR count). The number of aromatic nitrogens is 1. The third-order valence-corrected chi connectivity index (χ3v) is 7.97. The smallest absolute Gasteiger partial charge is 0.224 e. The maximum Gasteiger partial charge on any atom is 0.224 e. The van der Waals surface area contributed by atoms with Gasteiger partial charge in [0.25, 0.3) is 0 Å². The Balaban J connectivity index is 1.52. The highest BCUT2D eigenvalue weighted by molar-refractivity contribution is 5.93. The van der Waals surface area contributed by atoms with Crippen LogP contribution in [0.5, 0.6) is 0 Å². The van der Waals surface area contributed by atoms with Gasteiger partial charge in [0, 0.05) is 42.7 Å². The van der Waals surface area contributed by atoms with E-state index in [4.69, 9.17) is 10.7 Å². The number of benzene rings is 2. The summed E-state index contributed by atoms with van der Waals surface area (Å²) in [4.78, 5) is 29.1. The van der Waals surface area contributed by atoms with Crippen LogP contribution in [0.25, 0.3) is 22.4 Å². The SMILES string of the molecule is CCCC(N)(CCO)c1ccc(-c2ncc(NC(=O)CC3CCC(NC(C)=O)CC3)cc2-c2ccccc2)cc1. The van der Waals surface area contributed by atoms with Crippen molar-refractivity contribution in [3.63, 3.8) is 0 Å². The lowest BCUT2D eigenvalue weighted by Gasteiger charge is -2.29. The van der Waals surface area contributed by atoms with Crippen molar-refractivity contribution in [3.8, 4) is 22.4 Å². The van der Waals surface area contributed by atoms with E-state index in [9.17, 15) is 14.7 Å². The number of aliphatic hydroxyl groups is 1. The van der Waals surface area contributed by atoms with Gasteiger partial charge in [0.2, 0.25) is 11.8 Å². The Kier molecular flexibility index (Phi) is 10.1. The molecule has 1 aromatic heterocycles. The van der Waals surface area contributed by atoms with Crippen molar-refractivity contribution in [3.05, 3.63) is 72.4 Å². The first-order chi connectivity index (χ1) is 19.3. The van der Waals surface area contributed by atoms with E-state index in [1.165, 1.54) is 0 Å². The molecular formula is C33H42N4O3. The summed E-state index contributed by atoms with van der Waals surface area (Å²) < 4.78 is 0. The summed E-state index contributed by atoms with van der Waals surface area (Å²) >= 11 is 0. The predicted octanol–water partition coefficient (Wildman–Crippen LogP) is 5.78. The number of hydrogen-bond acceptors (Lipinski definition) is 5. The molecule has 1 saturated carbocycles. The molecule has 5 N–H and O–H groups in total. The second-order valence-corrected chi connectivity index (χ2v) is 11.1. The van der Waals surface area contributed by atoms with Gasteiger partial charge in [-0.1, -0.05) is 67.9 Å². The van der Waals surface area contributed by atoms with Gasteiger partial charge in [0.15, 0.2) is 0 Å². The molecule has 1 fully saturated rings. The fraction of sp³-hybridized carbons (Fsp3) is 0.424. The molecule has 1 atom stereocenters.